The van der Waals surface area contributed by atoms with Gasteiger partial charge in [-0.2, -0.15) is 5.10 Å². The number of anilines is 1. The van der Waals surface area contributed by atoms with E-state index in [4.69, 9.17) is 4.74 Å². The second-order valence-corrected chi connectivity index (χ2v) is 9.29. The van der Waals surface area contributed by atoms with Gasteiger partial charge in [-0.15, -0.1) is 22.7 Å². The molecule has 0 atom stereocenters. The highest BCUT2D eigenvalue weighted by atomic mass is 32.1. The zero-order valence-corrected chi connectivity index (χ0v) is 20.0. The number of carbonyl (C=O) groups is 2. The van der Waals surface area contributed by atoms with Gasteiger partial charge in [0.05, 0.1) is 11.9 Å². The quantitative estimate of drug-likeness (QED) is 0.279. The summed E-state index contributed by atoms with van der Waals surface area (Å²) in [5, 5.41) is 12.0. The average molecular weight is 479 g/mol. The molecule has 0 saturated carbocycles. The van der Waals surface area contributed by atoms with Crippen LogP contribution in [0.3, 0.4) is 0 Å². The van der Waals surface area contributed by atoms with Crippen LogP contribution in [0.5, 0.6) is 0 Å². The van der Waals surface area contributed by atoms with Crippen molar-refractivity contribution >= 4 is 39.6 Å². The maximum Gasteiger partial charge on any atom is 0.342 e. The third kappa shape index (κ3) is 5.44. The first-order valence-electron chi connectivity index (χ1n) is 10.1. The van der Waals surface area contributed by atoms with Gasteiger partial charge in [0.1, 0.15) is 22.2 Å². The molecule has 4 rings (SSSR count). The zero-order chi connectivity index (χ0) is 23.4. The summed E-state index contributed by atoms with van der Waals surface area (Å²) in [6.45, 7) is 3.71. The largest absolute Gasteiger partial charge is 0.455 e. The number of thiophene rings is 1. The van der Waals surface area contributed by atoms with Crippen LogP contribution in [0, 0.1) is 0 Å². The van der Waals surface area contributed by atoms with E-state index < -0.39 is 5.97 Å². The molecule has 9 heteroatoms. The molecule has 0 aliphatic rings. The van der Waals surface area contributed by atoms with Crippen LogP contribution >= 0.6 is 22.7 Å². The minimum Gasteiger partial charge on any atom is -0.455 e. The van der Waals surface area contributed by atoms with E-state index in [1.807, 2.05) is 68.2 Å². The number of thiazole rings is 1. The summed E-state index contributed by atoms with van der Waals surface area (Å²) in [4.78, 5) is 30.0. The Kier molecular flexibility index (Phi) is 6.81. The van der Waals surface area contributed by atoms with Crippen LogP contribution in [0.25, 0.3) is 21.7 Å². The van der Waals surface area contributed by atoms with E-state index in [0.29, 0.717) is 21.8 Å². The van der Waals surface area contributed by atoms with Gasteiger partial charge in [-0.05, 0) is 19.4 Å². The van der Waals surface area contributed by atoms with Crippen molar-refractivity contribution in [2.45, 2.75) is 20.5 Å². The molecule has 3 heterocycles. The predicted octanol–water partition coefficient (Wildman–Crippen LogP) is 5.53. The number of amides is 1. The number of aromatic nitrogens is 3. The zero-order valence-electron chi connectivity index (χ0n) is 18.4. The highest BCUT2D eigenvalue weighted by molar-refractivity contribution is 7.15. The number of rotatable bonds is 7. The Morgan fingerprint density at radius 1 is 1.12 bits per heavy atom. The van der Waals surface area contributed by atoms with Crippen LogP contribution in [0.2, 0.25) is 0 Å². The van der Waals surface area contributed by atoms with Crippen molar-refractivity contribution in [2.75, 3.05) is 5.32 Å². The van der Waals surface area contributed by atoms with Crippen molar-refractivity contribution in [3.05, 3.63) is 76.4 Å². The molecule has 0 spiro atoms. The summed E-state index contributed by atoms with van der Waals surface area (Å²) in [6.07, 6.45) is 5.12. The molecule has 0 saturated heterocycles. The number of nitrogens with zero attached hydrogens (tertiary/aromatic N) is 3. The number of nitrogens with one attached hydrogen (secondary N) is 1. The second-order valence-electron chi connectivity index (χ2n) is 7.55. The topological polar surface area (TPSA) is 86.1 Å². The molecule has 33 heavy (non-hydrogen) atoms. The van der Waals surface area contributed by atoms with Crippen molar-refractivity contribution in [3.8, 4) is 21.7 Å². The molecule has 0 aliphatic carbocycles. The molecule has 0 bridgehead atoms. The molecule has 4 aromatic rings. The Labute approximate surface area is 199 Å². The third-order valence-corrected chi connectivity index (χ3v) is 6.43. The fraction of sp³-hybridized carbons (Fsp3) is 0.167. The molecular weight excluding hydrogens is 456 g/mol. The molecule has 0 unspecified atom stereocenters. The van der Waals surface area contributed by atoms with Gasteiger partial charge in [0.15, 0.2) is 0 Å². The molecule has 3 aromatic heterocycles. The van der Waals surface area contributed by atoms with Crippen LogP contribution in [0.1, 0.15) is 29.9 Å². The Balaban J connectivity index is 1.56. The van der Waals surface area contributed by atoms with Crippen molar-refractivity contribution in [1.29, 1.82) is 0 Å². The molecule has 1 amide bonds. The van der Waals surface area contributed by atoms with E-state index >= 15 is 0 Å². The van der Waals surface area contributed by atoms with Crippen molar-refractivity contribution in [3.63, 3.8) is 0 Å². The van der Waals surface area contributed by atoms with Crippen molar-refractivity contribution in [1.82, 2.24) is 14.8 Å². The maximum atomic E-state index is 13.2. The summed E-state index contributed by atoms with van der Waals surface area (Å²) in [7, 11) is 1.85. The molecule has 168 valence electrons. The molecule has 0 radical (unpaired) electrons. The first kappa shape index (κ1) is 22.6. The number of hydrogen-bond donors (Lipinski definition) is 1. The second kappa shape index (κ2) is 9.93. The standard InChI is InChI=1S/C24H22N4O3S2/c1-15(2)9-20(29)27-23-21(19(14-33-23)16-7-5-4-6-8-16)24(30)31-12-18-13-32-22(26-18)17-10-25-28(3)11-17/h4-11,13-14H,12H2,1-3H3,(H,27,29). The highest BCUT2D eigenvalue weighted by Crippen LogP contribution is 2.36. The molecule has 1 N–H and O–H groups in total. The lowest BCUT2D eigenvalue weighted by Gasteiger charge is -2.08. The molecule has 0 aliphatic heterocycles. The summed E-state index contributed by atoms with van der Waals surface area (Å²) in [6, 6.07) is 9.55. The number of hydrogen-bond acceptors (Lipinski definition) is 7. The van der Waals surface area contributed by atoms with E-state index in [9.17, 15) is 9.59 Å². The van der Waals surface area contributed by atoms with Crippen molar-refractivity contribution in [2.24, 2.45) is 7.05 Å². The van der Waals surface area contributed by atoms with E-state index in [2.05, 4.69) is 15.4 Å². The molecule has 0 fully saturated rings. The first-order valence-corrected chi connectivity index (χ1v) is 11.9. The van der Waals surface area contributed by atoms with E-state index in [0.717, 1.165) is 21.7 Å². The lowest BCUT2D eigenvalue weighted by atomic mass is 10.0. The van der Waals surface area contributed by atoms with Crippen LogP contribution in [-0.4, -0.2) is 26.6 Å². The lowest BCUT2D eigenvalue weighted by Crippen LogP contribution is -2.13. The molecule has 1 aromatic carbocycles. The number of carbonyl (C=O) groups excluding carboxylic acids is 2. The fourth-order valence-corrected chi connectivity index (χ4v) is 4.88. The van der Waals surface area contributed by atoms with Crippen LogP contribution in [-0.2, 0) is 23.2 Å². The fourth-order valence-electron chi connectivity index (χ4n) is 3.14. The van der Waals surface area contributed by atoms with Crippen LogP contribution in [0.15, 0.2) is 65.1 Å². The Morgan fingerprint density at radius 2 is 1.91 bits per heavy atom. The van der Waals surface area contributed by atoms with Gasteiger partial charge in [-0.25, -0.2) is 9.78 Å². The van der Waals surface area contributed by atoms with Crippen molar-refractivity contribution < 1.29 is 14.3 Å². The minimum absolute atomic E-state index is 0.0288. The monoisotopic (exact) mass is 478 g/mol. The summed E-state index contributed by atoms with van der Waals surface area (Å²) in [5.74, 6) is -0.801. The number of ether oxygens (including phenoxy) is 1. The van der Waals surface area contributed by atoms with Gasteiger partial charge in [0.25, 0.3) is 0 Å². The molecular formula is C24H22N4O3S2. The van der Waals surface area contributed by atoms with Gasteiger partial charge in [-0.3, -0.25) is 9.48 Å². The number of esters is 1. The van der Waals surface area contributed by atoms with Crippen LogP contribution in [0.4, 0.5) is 5.00 Å². The van der Waals surface area contributed by atoms with Gasteiger partial charge in [0, 0.05) is 41.2 Å². The summed E-state index contributed by atoms with van der Waals surface area (Å²) >= 11 is 2.76. The smallest absolute Gasteiger partial charge is 0.342 e. The number of benzene rings is 1. The average Bonchev–Trinajstić information content (AvgIpc) is 3.52. The Hall–Kier alpha value is -3.56. The van der Waals surface area contributed by atoms with Gasteiger partial charge in [-0.1, -0.05) is 35.9 Å². The lowest BCUT2D eigenvalue weighted by molar-refractivity contribution is -0.111. The predicted molar refractivity (Wildman–Crippen MR) is 131 cm³/mol. The summed E-state index contributed by atoms with van der Waals surface area (Å²) in [5.41, 5.74) is 4.35. The minimum atomic E-state index is -0.515. The number of allylic oxidation sites excluding steroid dienone is 1. The van der Waals surface area contributed by atoms with Gasteiger partial charge in [0.2, 0.25) is 5.91 Å². The van der Waals surface area contributed by atoms with Crippen LogP contribution < -0.4 is 5.32 Å². The van der Waals surface area contributed by atoms with E-state index in [1.54, 1.807) is 10.9 Å². The third-order valence-electron chi connectivity index (χ3n) is 4.59. The normalized spacial score (nSPS) is 10.6. The number of aryl methyl sites for hydroxylation is 1. The van der Waals surface area contributed by atoms with Gasteiger partial charge >= 0.3 is 5.97 Å². The first-order chi connectivity index (χ1) is 15.9. The van der Waals surface area contributed by atoms with Gasteiger partial charge < -0.3 is 10.1 Å². The van der Waals surface area contributed by atoms with E-state index in [-0.39, 0.29) is 12.5 Å². The maximum absolute atomic E-state index is 13.2. The SMILES string of the molecule is CC(C)=CC(=O)Nc1scc(-c2ccccc2)c1C(=O)OCc1csc(-c2cnn(C)c2)n1. The summed E-state index contributed by atoms with van der Waals surface area (Å²) < 4.78 is 7.33. The molecule has 7 nitrogen and oxygen atoms in total. The van der Waals surface area contributed by atoms with E-state index in [1.165, 1.54) is 28.7 Å². The Bertz CT molecular complexity index is 1310. The highest BCUT2D eigenvalue weighted by Gasteiger charge is 2.23. The Morgan fingerprint density at radius 3 is 2.61 bits per heavy atom.